The topological polar surface area (TPSA) is 41.6 Å². The second-order valence-electron chi connectivity index (χ2n) is 6.46. The number of benzene rings is 2. The van der Waals surface area contributed by atoms with E-state index in [9.17, 15) is 18.0 Å². The SMILES string of the molecule is COc1cccc(C(CNC(=O)/C=C/c2cccc(C(F)(F)F)c2)N(C)C)c1. The molecule has 2 aromatic rings. The summed E-state index contributed by atoms with van der Waals surface area (Å²) in [6.07, 6.45) is -1.82. The molecule has 28 heavy (non-hydrogen) atoms. The number of carbonyl (C=O) groups excluding carboxylic acids is 1. The number of hydrogen-bond acceptors (Lipinski definition) is 3. The number of likely N-dealkylation sites (N-methyl/N-ethyl adjacent to an activating group) is 1. The zero-order valence-electron chi connectivity index (χ0n) is 16.0. The van der Waals surface area contributed by atoms with Crippen molar-refractivity contribution in [3.8, 4) is 5.75 Å². The summed E-state index contributed by atoms with van der Waals surface area (Å²) < 4.78 is 43.5. The van der Waals surface area contributed by atoms with Crippen molar-refractivity contribution in [2.75, 3.05) is 27.7 Å². The Morgan fingerprint density at radius 2 is 1.89 bits per heavy atom. The molecule has 2 aromatic carbocycles. The molecule has 0 fully saturated rings. The van der Waals surface area contributed by atoms with Crippen molar-refractivity contribution in [2.45, 2.75) is 12.2 Å². The number of nitrogens with one attached hydrogen (secondary N) is 1. The normalized spacial score (nSPS) is 13.0. The van der Waals surface area contributed by atoms with Crippen LogP contribution in [0.1, 0.15) is 22.7 Å². The lowest BCUT2D eigenvalue weighted by atomic mass is 10.1. The molecular formula is C21H23F3N2O2. The van der Waals surface area contributed by atoms with E-state index in [4.69, 9.17) is 4.74 Å². The molecular weight excluding hydrogens is 369 g/mol. The van der Waals surface area contributed by atoms with Crippen molar-refractivity contribution in [3.63, 3.8) is 0 Å². The van der Waals surface area contributed by atoms with E-state index in [-0.39, 0.29) is 11.9 Å². The Morgan fingerprint density at radius 1 is 1.18 bits per heavy atom. The highest BCUT2D eigenvalue weighted by atomic mass is 19.4. The number of alkyl halides is 3. The average Bonchev–Trinajstić information content (AvgIpc) is 2.66. The first-order chi connectivity index (χ1) is 13.2. The van der Waals surface area contributed by atoms with Crippen LogP contribution >= 0.6 is 0 Å². The molecule has 0 aliphatic heterocycles. The number of ether oxygens (including phenoxy) is 1. The molecule has 150 valence electrons. The van der Waals surface area contributed by atoms with Crippen LogP contribution in [-0.2, 0) is 11.0 Å². The monoisotopic (exact) mass is 392 g/mol. The summed E-state index contributed by atoms with van der Waals surface area (Å²) in [5, 5.41) is 2.78. The first kappa shape index (κ1) is 21.5. The average molecular weight is 392 g/mol. The van der Waals surface area contributed by atoms with Crippen LogP contribution < -0.4 is 10.1 Å². The quantitative estimate of drug-likeness (QED) is 0.720. The smallest absolute Gasteiger partial charge is 0.416 e. The number of carbonyl (C=O) groups is 1. The van der Waals surface area contributed by atoms with Crippen LogP contribution in [0.25, 0.3) is 6.08 Å². The Labute approximate surface area is 162 Å². The van der Waals surface area contributed by atoms with Crippen molar-refractivity contribution in [3.05, 3.63) is 71.3 Å². The lowest BCUT2D eigenvalue weighted by Gasteiger charge is -2.25. The Balaban J connectivity index is 2.02. The number of hydrogen-bond donors (Lipinski definition) is 1. The van der Waals surface area contributed by atoms with Crippen molar-refractivity contribution >= 4 is 12.0 Å². The summed E-state index contributed by atoms with van der Waals surface area (Å²) in [5.41, 5.74) is 0.536. The predicted molar refractivity (Wildman–Crippen MR) is 103 cm³/mol. The van der Waals surface area contributed by atoms with Gasteiger partial charge in [-0.25, -0.2) is 0 Å². The summed E-state index contributed by atoms with van der Waals surface area (Å²) in [6.45, 7) is 0.339. The van der Waals surface area contributed by atoms with Crippen molar-refractivity contribution in [2.24, 2.45) is 0 Å². The molecule has 1 amide bonds. The third-order valence-corrected chi connectivity index (χ3v) is 4.21. The largest absolute Gasteiger partial charge is 0.497 e. The van der Waals surface area contributed by atoms with E-state index in [0.29, 0.717) is 12.1 Å². The number of halogens is 3. The lowest BCUT2D eigenvalue weighted by molar-refractivity contribution is -0.137. The van der Waals surface area contributed by atoms with Crippen LogP contribution in [0.3, 0.4) is 0 Å². The molecule has 7 heteroatoms. The van der Waals surface area contributed by atoms with E-state index in [2.05, 4.69) is 5.32 Å². The first-order valence-electron chi connectivity index (χ1n) is 8.64. The van der Waals surface area contributed by atoms with Crippen LogP contribution in [0.5, 0.6) is 5.75 Å². The molecule has 0 saturated heterocycles. The van der Waals surface area contributed by atoms with Gasteiger partial charge in [-0.1, -0.05) is 24.3 Å². The molecule has 2 rings (SSSR count). The predicted octanol–water partition coefficient (Wildman–Crippen LogP) is 4.15. The number of methoxy groups -OCH3 is 1. The number of rotatable bonds is 7. The van der Waals surface area contributed by atoms with Crippen LogP contribution in [0.15, 0.2) is 54.6 Å². The zero-order chi connectivity index (χ0) is 20.7. The Bertz CT molecular complexity index is 832. The fourth-order valence-corrected chi connectivity index (χ4v) is 2.69. The van der Waals surface area contributed by atoms with Gasteiger partial charge in [0.1, 0.15) is 5.75 Å². The molecule has 1 atom stereocenters. The minimum atomic E-state index is -4.41. The molecule has 0 bridgehead atoms. The summed E-state index contributed by atoms with van der Waals surface area (Å²) >= 11 is 0. The summed E-state index contributed by atoms with van der Waals surface area (Å²) in [6, 6.07) is 12.3. The zero-order valence-corrected chi connectivity index (χ0v) is 16.0. The molecule has 1 unspecified atom stereocenters. The second kappa shape index (κ2) is 9.41. The van der Waals surface area contributed by atoms with E-state index in [1.165, 1.54) is 24.3 Å². The standard InChI is InChI=1S/C21H23F3N2O2/c1-26(2)19(16-7-5-9-18(13-16)28-3)14-25-20(27)11-10-15-6-4-8-17(12-15)21(22,23)24/h4-13,19H,14H2,1-3H3,(H,25,27)/b11-10+. The third-order valence-electron chi connectivity index (χ3n) is 4.21. The third kappa shape index (κ3) is 6.13. The van der Waals surface area contributed by atoms with Crippen molar-refractivity contribution < 1.29 is 22.7 Å². The van der Waals surface area contributed by atoms with Gasteiger partial charge in [0.2, 0.25) is 5.91 Å². The maximum Gasteiger partial charge on any atom is 0.416 e. The van der Waals surface area contributed by atoms with Crippen LogP contribution in [0.2, 0.25) is 0 Å². The van der Waals surface area contributed by atoms with E-state index in [1.807, 2.05) is 43.3 Å². The summed E-state index contributed by atoms with van der Waals surface area (Å²) in [5.74, 6) is 0.340. The Kier molecular flexibility index (Phi) is 7.23. The van der Waals surface area contributed by atoms with Gasteiger partial charge in [0, 0.05) is 12.6 Å². The highest BCUT2D eigenvalue weighted by Gasteiger charge is 2.30. The van der Waals surface area contributed by atoms with Crippen molar-refractivity contribution in [1.82, 2.24) is 10.2 Å². The molecule has 0 aliphatic carbocycles. The van der Waals surface area contributed by atoms with Gasteiger partial charge < -0.3 is 15.0 Å². The molecule has 0 saturated carbocycles. The number of nitrogens with zero attached hydrogens (tertiary/aromatic N) is 1. The van der Waals surface area contributed by atoms with Gasteiger partial charge in [-0.2, -0.15) is 13.2 Å². The van der Waals surface area contributed by atoms with E-state index in [0.717, 1.165) is 23.4 Å². The van der Waals surface area contributed by atoms with Gasteiger partial charge in [0.25, 0.3) is 0 Å². The maximum atomic E-state index is 12.8. The fraction of sp³-hybridized carbons (Fsp3) is 0.286. The minimum absolute atomic E-state index is 0.0824. The van der Waals surface area contributed by atoms with E-state index in [1.54, 1.807) is 7.11 Å². The van der Waals surface area contributed by atoms with Gasteiger partial charge in [-0.05, 0) is 55.6 Å². The van der Waals surface area contributed by atoms with Gasteiger partial charge in [0.05, 0.1) is 18.7 Å². The van der Waals surface area contributed by atoms with Gasteiger partial charge in [-0.15, -0.1) is 0 Å². The molecule has 4 nitrogen and oxygen atoms in total. The highest BCUT2D eigenvalue weighted by molar-refractivity contribution is 5.91. The molecule has 0 aromatic heterocycles. The number of amides is 1. The van der Waals surface area contributed by atoms with E-state index < -0.39 is 11.7 Å². The second-order valence-corrected chi connectivity index (χ2v) is 6.46. The van der Waals surface area contributed by atoms with Gasteiger partial charge in [0.15, 0.2) is 0 Å². The summed E-state index contributed by atoms with van der Waals surface area (Å²) in [7, 11) is 5.38. The van der Waals surface area contributed by atoms with Gasteiger partial charge >= 0.3 is 6.18 Å². The highest BCUT2D eigenvalue weighted by Crippen LogP contribution is 2.29. The molecule has 0 aliphatic rings. The Hall–Kier alpha value is -2.80. The molecule has 0 spiro atoms. The lowest BCUT2D eigenvalue weighted by Crippen LogP contribution is -2.33. The molecule has 1 N–H and O–H groups in total. The van der Waals surface area contributed by atoms with Gasteiger partial charge in [-0.3, -0.25) is 4.79 Å². The van der Waals surface area contributed by atoms with Crippen LogP contribution in [-0.4, -0.2) is 38.6 Å². The Morgan fingerprint density at radius 3 is 2.54 bits per heavy atom. The van der Waals surface area contributed by atoms with E-state index >= 15 is 0 Å². The van der Waals surface area contributed by atoms with Crippen molar-refractivity contribution in [1.29, 1.82) is 0 Å². The minimum Gasteiger partial charge on any atom is -0.497 e. The summed E-state index contributed by atoms with van der Waals surface area (Å²) in [4.78, 5) is 14.1. The fourth-order valence-electron chi connectivity index (χ4n) is 2.69. The van der Waals surface area contributed by atoms with Crippen LogP contribution in [0.4, 0.5) is 13.2 Å². The first-order valence-corrected chi connectivity index (χ1v) is 8.64. The van der Waals surface area contributed by atoms with Crippen LogP contribution in [0, 0.1) is 0 Å². The molecule has 0 heterocycles. The molecule has 0 radical (unpaired) electrons. The maximum absolute atomic E-state index is 12.8.